The topological polar surface area (TPSA) is 44.4 Å². The SMILES string of the molecule is CNc1ccc(NC(=O)CN2CCCC2)cc1Br. The number of nitrogens with zero attached hydrogens (tertiary/aromatic N) is 1. The van der Waals surface area contributed by atoms with E-state index in [-0.39, 0.29) is 5.91 Å². The average molecular weight is 312 g/mol. The molecule has 1 fully saturated rings. The zero-order chi connectivity index (χ0) is 13.0. The molecule has 5 heteroatoms. The summed E-state index contributed by atoms with van der Waals surface area (Å²) in [6, 6.07) is 5.75. The molecule has 98 valence electrons. The highest BCUT2D eigenvalue weighted by Gasteiger charge is 2.15. The summed E-state index contributed by atoms with van der Waals surface area (Å²) in [6.45, 7) is 2.57. The molecule has 18 heavy (non-hydrogen) atoms. The minimum atomic E-state index is 0.0565. The Morgan fingerprint density at radius 1 is 1.39 bits per heavy atom. The lowest BCUT2D eigenvalue weighted by molar-refractivity contribution is -0.117. The molecule has 0 saturated carbocycles. The standard InChI is InChI=1S/C13H18BrN3O/c1-15-12-5-4-10(8-11(12)14)16-13(18)9-17-6-2-3-7-17/h4-5,8,15H,2-3,6-7,9H2,1H3,(H,16,18). The number of amides is 1. The first-order valence-corrected chi connectivity index (χ1v) is 6.98. The maximum absolute atomic E-state index is 11.9. The van der Waals surface area contributed by atoms with Crippen molar-refractivity contribution in [2.24, 2.45) is 0 Å². The molecule has 0 unspecified atom stereocenters. The second-order valence-electron chi connectivity index (χ2n) is 4.48. The Kier molecular flexibility index (Phi) is 4.60. The van der Waals surface area contributed by atoms with E-state index in [2.05, 4.69) is 31.5 Å². The van der Waals surface area contributed by atoms with Crippen LogP contribution < -0.4 is 10.6 Å². The number of halogens is 1. The van der Waals surface area contributed by atoms with E-state index >= 15 is 0 Å². The van der Waals surface area contributed by atoms with Gasteiger partial charge in [0.25, 0.3) is 0 Å². The summed E-state index contributed by atoms with van der Waals surface area (Å²) in [7, 11) is 1.87. The van der Waals surface area contributed by atoms with Gasteiger partial charge in [-0.2, -0.15) is 0 Å². The van der Waals surface area contributed by atoms with Gasteiger partial charge in [0.05, 0.1) is 6.54 Å². The number of nitrogens with one attached hydrogen (secondary N) is 2. The third-order valence-electron chi connectivity index (χ3n) is 3.09. The summed E-state index contributed by atoms with van der Waals surface area (Å²) < 4.78 is 0.948. The van der Waals surface area contributed by atoms with Gasteiger partial charge in [0.15, 0.2) is 0 Å². The normalized spacial score (nSPS) is 15.7. The van der Waals surface area contributed by atoms with Gasteiger partial charge in [-0.15, -0.1) is 0 Å². The van der Waals surface area contributed by atoms with Gasteiger partial charge in [-0.3, -0.25) is 9.69 Å². The summed E-state index contributed by atoms with van der Waals surface area (Å²) in [6.07, 6.45) is 2.41. The van der Waals surface area contributed by atoms with Gasteiger partial charge >= 0.3 is 0 Å². The maximum atomic E-state index is 11.9. The Morgan fingerprint density at radius 2 is 2.11 bits per heavy atom. The average Bonchev–Trinajstić information content (AvgIpc) is 2.82. The molecule has 1 saturated heterocycles. The second-order valence-corrected chi connectivity index (χ2v) is 5.33. The van der Waals surface area contributed by atoms with Crippen molar-refractivity contribution in [3.05, 3.63) is 22.7 Å². The van der Waals surface area contributed by atoms with Crippen LogP contribution in [0.1, 0.15) is 12.8 Å². The van der Waals surface area contributed by atoms with E-state index in [0.717, 1.165) is 28.9 Å². The van der Waals surface area contributed by atoms with Crippen LogP contribution in [0.2, 0.25) is 0 Å². The van der Waals surface area contributed by atoms with Gasteiger partial charge < -0.3 is 10.6 Å². The lowest BCUT2D eigenvalue weighted by atomic mass is 10.3. The molecule has 0 radical (unpaired) electrons. The number of rotatable bonds is 4. The largest absolute Gasteiger partial charge is 0.387 e. The number of hydrogen-bond donors (Lipinski definition) is 2. The number of carbonyl (C=O) groups excluding carboxylic acids is 1. The van der Waals surface area contributed by atoms with Crippen LogP contribution in [0.15, 0.2) is 22.7 Å². The van der Waals surface area contributed by atoms with Crippen molar-refractivity contribution in [2.75, 3.05) is 37.3 Å². The highest BCUT2D eigenvalue weighted by Crippen LogP contribution is 2.25. The van der Waals surface area contributed by atoms with Gasteiger partial charge in [-0.05, 0) is 60.1 Å². The Morgan fingerprint density at radius 3 is 2.72 bits per heavy atom. The monoisotopic (exact) mass is 311 g/mol. The van der Waals surface area contributed by atoms with Crippen LogP contribution in [0.3, 0.4) is 0 Å². The van der Waals surface area contributed by atoms with Gasteiger partial charge in [0.2, 0.25) is 5.91 Å². The van der Waals surface area contributed by atoms with Crippen molar-refractivity contribution in [2.45, 2.75) is 12.8 Å². The molecule has 0 atom stereocenters. The Balaban J connectivity index is 1.92. The molecule has 4 nitrogen and oxygen atoms in total. The van der Waals surface area contributed by atoms with Crippen LogP contribution in [-0.2, 0) is 4.79 Å². The molecule has 1 heterocycles. The van der Waals surface area contributed by atoms with Crippen molar-refractivity contribution in [3.8, 4) is 0 Å². The Labute approximate surface area is 116 Å². The van der Waals surface area contributed by atoms with E-state index in [1.807, 2.05) is 25.2 Å². The third-order valence-corrected chi connectivity index (χ3v) is 3.74. The minimum absolute atomic E-state index is 0.0565. The van der Waals surface area contributed by atoms with E-state index in [0.29, 0.717) is 6.54 Å². The van der Waals surface area contributed by atoms with Gasteiger partial charge in [0, 0.05) is 22.9 Å². The minimum Gasteiger partial charge on any atom is -0.387 e. The van der Waals surface area contributed by atoms with E-state index in [4.69, 9.17) is 0 Å². The van der Waals surface area contributed by atoms with Crippen molar-refractivity contribution in [3.63, 3.8) is 0 Å². The molecule has 0 aliphatic carbocycles. The highest BCUT2D eigenvalue weighted by molar-refractivity contribution is 9.10. The number of benzene rings is 1. The molecule has 0 bridgehead atoms. The first-order valence-electron chi connectivity index (χ1n) is 6.18. The second kappa shape index (κ2) is 6.20. The van der Waals surface area contributed by atoms with Crippen molar-refractivity contribution < 1.29 is 4.79 Å². The lowest BCUT2D eigenvalue weighted by Crippen LogP contribution is -2.30. The van der Waals surface area contributed by atoms with E-state index < -0.39 is 0 Å². The van der Waals surface area contributed by atoms with Crippen molar-refractivity contribution in [1.29, 1.82) is 0 Å². The van der Waals surface area contributed by atoms with Gasteiger partial charge in [-0.1, -0.05) is 0 Å². The Hall–Kier alpha value is -1.07. The molecule has 2 N–H and O–H groups in total. The highest BCUT2D eigenvalue weighted by atomic mass is 79.9. The Bertz CT molecular complexity index is 430. The molecule has 2 rings (SSSR count). The predicted octanol–water partition coefficient (Wildman–Crippen LogP) is 2.53. The quantitative estimate of drug-likeness (QED) is 0.898. The number of carbonyl (C=O) groups is 1. The van der Waals surface area contributed by atoms with E-state index in [1.54, 1.807) is 0 Å². The maximum Gasteiger partial charge on any atom is 0.238 e. The van der Waals surface area contributed by atoms with Crippen LogP contribution in [-0.4, -0.2) is 37.5 Å². The van der Waals surface area contributed by atoms with Crippen molar-refractivity contribution in [1.82, 2.24) is 4.90 Å². The molecule has 1 amide bonds. The van der Waals surface area contributed by atoms with E-state index in [1.165, 1.54) is 12.8 Å². The fourth-order valence-electron chi connectivity index (χ4n) is 2.14. The molecular formula is C13H18BrN3O. The lowest BCUT2D eigenvalue weighted by Gasteiger charge is -2.14. The summed E-state index contributed by atoms with van der Waals surface area (Å²) in [4.78, 5) is 14.0. The fourth-order valence-corrected chi connectivity index (χ4v) is 2.72. The summed E-state index contributed by atoms with van der Waals surface area (Å²) in [5, 5.41) is 5.99. The molecule has 1 aliphatic rings. The fraction of sp³-hybridized carbons (Fsp3) is 0.462. The zero-order valence-electron chi connectivity index (χ0n) is 10.5. The summed E-state index contributed by atoms with van der Waals surface area (Å²) in [5.74, 6) is 0.0565. The number of anilines is 2. The molecular weight excluding hydrogens is 294 g/mol. The number of hydrogen-bond acceptors (Lipinski definition) is 3. The predicted molar refractivity (Wildman–Crippen MR) is 78.0 cm³/mol. The molecule has 1 aromatic carbocycles. The smallest absolute Gasteiger partial charge is 0.238 e. The first kappa shape index (κ1) is 13.4. The molecule has 0 aromatic heterocycles. The molecule has 0 spiro atoms. The van der Waals surface area contributed by atoms with Crippen LogP contribution in [0.5, 0.6) is 0 Å². The van der Waals surface area contributed by atoms with Gasteiger partial charge in [0.1, 0.15) is 0 Å². The van der Waals surface area contributed by atoms with Crippen LogP contribution >= 0.6 is 15.9 Å². The summed E-state index contributed by atoms with van der Waals surface area (Å²) >= 11 is 3.46. The molecule has 1 aliphatic heterocycles. The van der Waals surface area contributed by atoms with Crippen molar-refractivity contribution >= 4 is 33.2 Å². The number of likely N-dealkylation sites (tertiary alicyclic amines) is 1. The first-order chi connectivity index (χ1) is 8.69. The molecule has 1 aromatic rings. The zero-order valence-corrected chi connectivity index (χ0v) is 12.1. The van der Waals surface area contributed by atoms with Crippen LogP contribution in [0.25, 0.3) is 0 Å². The van der Waals surface area contributed by atoms with Gasteiger partial charge in [-0.25, -0.2) is 0 Å². The third kappa shape index (κ3) is 3.46. The van der Waals surface area contributed by atoms with E-state index in [9.17, 15) is 4.79 Å². The van der Waals surface area contributed by atoms with Crippen LogP contribution in [0.4, 0.5) is 11.4 Å². The van der Waals surface area contributed by atoms with Crippen LogP contribution in [0, 0.1) is 0 Å². The summed E-state index contributed by atoms with van der Waals surface area (Å²) in [5.41, 5.74) is 1.83.